The molecule has 2 amide bonds. The lowest BCUT2D eigenvalue weighted by molar-refractivity contribution is 0.128. The van der Waals surface area contributed by atoms with Gasteiger partial charge in [-0.25, -0.2) is 4.79 Å². The Hall–Kier alpha value is -2.50. The predicted molar refractivity (Wildman–Crippen MR) is 94.9 cm³/mol. The molecule has 1 aromatic heterocycles. The van der Waals surface area contributed by atoms with Gasteiger partial charge in [0.05, 0.1) is 17.8 Å². The number of aromatic nitrogens is 1. The standard InChI is InChI=1S/C19H24N4O2/c20-18-16-13-23(11-8-17(16)21-25-18)19(24)22-9-6-15(7-10-22)12-14-4-2-1-3-5-14/h1-5,15H,6-13,20H2. The largest absolute Gasteiger partial charge is 0.367 e. The normalized spacial score (nSPS) is 18.2. The van der Waals surface area contributed by atoms with Gasteiger partial charge in [0, 0.05) is 26.1 Å². The Labute approximate surface area is 147 Å². The first-order valence-electron chi connectivity index (χ1n) is 9.01. The molecule has 0 aliphatic carbocycles. The van der Waals surface area contributed by atoms with E-state index in [1.807, 2.05) is 9.80 Å². The van der Waals surface area contributed by atoms with E-state index in [1.54, 1.807) is 0 Å². The highest BCUT2D eigenvalue weighted by Crippen LogP contribution is 2.26. The van der Waals surface area contributed by atoms with E-state index in [1.165, 1.54) is 5.56 Å². The SMILES string of the molecule is Nc1onc2c1CN(C(=O)N1CCC(Cc3ccccc3)CC1)CC2. The van der Waals surface area contributed by atoms with Crippen LogP contribution in [0.4, 0.5) is 10.7 Å². The highest BCUT2D eigenvalue weighted by atomic mass is 16.5. The number of anilines is 1. The lowest BCUT2D eigenvalue weighted by Crippen LogP contribution is -2.48. The summed E-state index contributed by atoms with van der Waals surface area (Å²) in [5.74, 6) is 1.00. The van der Waals surface area contributed by atoms with E-state index in [4.69, 9.17) is 10.3 Å². The average molecular weight is 340 g/mol. The second-order valence-corrected chi connectivity index (χ2v) is 7.05. The lowest BCUT2D eigenvalue weighted by atomic mass is 9.90. The lowest BCUT2D eigenvalue weighted by Gasteiger charge is -2.37. The van der Waals surface area contributed by atoms with E-state index in [0.717, 1.165) is 43.6 Å². The Morgan fingerprint density at radius 3 is 2.68 bits per heavy atom. The Morgan fingerprint density at radius 1 is 1.16 bits per heavy atom. The number of nitrogen functional groups attached to an aromatic ring is 1. The molecule has 4 rings (SSSR count). The molecule has 6 nitrogen and oxygen atoms in total. The van der Waals surface area contributed by atoms with Crippen LogP contribution >= 0.6 is 0 Å². The van der Waals surface area contributed by atoms with Crippen LogP contribution in [0.5, 0.6) is 0 Å². The average Bonchev–Trinajstić information content (AvgIpc) is 3.03. The van der Waals surface area contributed by atoms with Crippen LogP contribution in [-0.4, -0.2) is 40.6 Å². The van der Waals surface area contributed by atoms with Gasteiger partial charge in [0.2, 0.25) is 5.88 Å². The number of rotatable bonds is 2. The van der Waals surface area contributed by atoms with Gasteiger partial charge in [0.1, 0.15) is 0 Å². The summed E-state index contributed by atoms with van der Waals surface area (Å²) in [7, 11) is 0. The summed E-state index contributed by atoms with van der Waals surface area (Å²) in [5.41, 5.74) is 8.97. The molecule has 2 aliphatic heterocycles. The zero-order valence-electron chi connectivity index (χ0n) is 14.4. The van der Waals surface area contributed by atoms with Crippen molar-refractivity contribution in [2.24, 2.45) is 5.92 Å². The van der Waals surface area contributed by atoms with Crippen molar-refractivity contribution in [1.29, 1.82) is 0 Å². The molecule has 132 valence electrons. The summed E-state index contributed by atoms with van der Waals surface area (Å²) < 4.78 is 5.04. The first-order chi connectivity index (χ1) is 12.2. The molecule has 2 N–H and O–H groups in total. The number of piperidine rings is 1. The van der Waals surface area contributed by atoms with Crippen LogP contribution in [0, 0.1) is 5.92 Å². The van der Waals surface area contributed by atoms with Crippen LogP contribution in [0.2, 0.25) is 0 Å². The number of amides is 2. The highest BCUT2D eigenvalue weighted by molar-refractivity contribution is 5.75. The molecule has 2 aliphatic rings. The Kier molecular flexibility index (Phi) is 4.34. The van der Waals surface area contributed by atoms with Crippen molar-refractivity contribution >= 4 is 11.9 Å². The summed E-state index contributed by atoms with van der Waals surface area (Å²) in [4.78, 5) is 16.7. The highest BCUT2D eigenvalue weighted by Gasteiger charge is 2.30. The molecular formula is C19H24N4O2. The summed E-state index contributed by atoms with van der Waals surface area (Å²) in [6.07, 6.45) is 3.95. The van der Waals surface area contributed by atoms with Gasteiger partial charge >= 0.3 is 6.03 Å². The predicted octanol–water partition coefficient (Wildman–Crippen LogP) is 2.69. The number of nitrogens with zero attached hydrogens (tertiary/aromatic N) is 3. The minimum Gasteiger partial charge on any atom is -0.367 e. The topological polar surface area (TPSA) is 75.6 Å². The van der Waals surface area contributed by atoms with Crippen molar-refractivity contribution in [2.45, 2.75) is 32.2 Å². The van der Waals surface area contributed by atoms with Crippen LogP contribution in [-0.2, 0) is 19.4 Å². The van der Waals surface area contributed by atoms with Crippen molar-refractivity contribution in [3.8, 4) is 0 Å². The molecule has 0 atom stereocenters. The van der Waals surface area contributed by atoms with E-state index in [0.29, 0.717) is 31.3 Å². The fraction of sp³-hybridized carbons (Fsp3) is 0.474. The summed E-state index contributed by atoms with van der Waals surface area (Å²) in [6.45, 7) is 2.85. The van der Waals surface area contributed by atoms with Gasteiger partial charge in [-0.3, -0.25) is 0 Å². The third kappa shape index (κ3) is 3.34. The van der Waals surface area contributed by atoms with E-state index in [2.05, 4.69) is 35.5 Å². The first kappa shape index (κ1) is 16.0. The molecule has 1 aromatic carbocycles. The van der Waals surface area contributed by atoms with Crippen LogP contribution in [0.1, 0.15) is 29.7 Å². The Morgan fingerprint density at radius 2 is 1.92 bits per heavy atom. The fourth-order valence-electron chi connectivity index (χ4n) is 3.87. The van der Waals surface area contributed by atoms with Crippen molar-refractivity contribution in [1.82, 2.24) is 15.0 Å². The summed E-state index contributed by atoms with van der Waals surface area (Å²) in [5, 5.41) is 3.96. The molecule has 0 radical (unpaired) electrons. The Bertz CT molecular complexity index is 735. The monoisotopic (exact) mass is 340 g/mol. The number of nitrogens with two attached hydrogens (primary N) is 1. The molecule has 3 heterocycles. The molecule has 0 saturated carbocycles. The van der Waals surface area contributed by atoms with Crippen molar-refractivity contribution in [3.05, 3.63) is 47.2 Å². The van der Waals surface area contributed by atoms with Gasteiger partial charge in [-0.1, -0.05) is 35.5 Å². The second kappa shape index (κ2) is 6.78. The van der Waals surface area contributed by atoms with Gasteiger partial charge < -0.3 is 20.1 Å². The first-order valence-corrected chi connectivity index (χ1v) is 9.01. The number of hydrogen-bond donors (Lipinski definition) is 1. The molecule has 1 saturated heterocycles. The number of likely N-dealkylation sites (tertiary alicyclic amines) is 1. The molecule has 25 heavy (non-hydrogen) atoms. The van der Waals surface area contributed by atoms with Crippen LogP contribution in [0.25, 0.3) is 0 Å². The molecule has 0 unspecified atom stereocenters. The summed E-state index contributed by atoms with van der Waals surface area (Å²) in [6, 6.07) is 10.7. The molecule has 0 bridgehead atoms. The molecule has 1 fully saturated rings. The quantitative estimate of drug-likeness (QED) is 0.912. The summed E-state index contributed by atoms with van der Waals surface area (Å²) >= 11 is 0. The third-order valence-corrected chi connectivity index (χ3v) is 5.39. The zero-order chi connectivity index (χ0) is 17.2. The van der Waals surface area contributed by atoms with E-state index in [-0.39, 0.29) is 6.03 Å². The smallest absolute Gasteiger partial charge is 0.320 e. The minimum absolute atomic E-state index is 0.115. The van der Waals surface area contributed by atoms with Crippen molar-refractivity contribution < 1.29 is 9.32 Å². The van der Waals surface area contributed by atoms with Gasteiger partial charge in [0.25, 0.3) is 0 Å². The Balaban J connectivity index is 1.32. The molecule has 0 spiro atoms. The van der Waals surface area contributed by atoms with Crippen molar-refractivity contribution in [2.75, 3.05) is 25.4 Å². The molecule has 2 aromatic rings. The molecule has 6 heteroatoms. The number of hydrogen-bond acceptors (Lipinski definition) is 4. The van der Waals surface area contributed by atoms with E-state index < -0.39 is 0 Å². The number of carbonyl (C=O) groups is 1. The number of benzene rings is 1. The molecular weight excluding hydrogens is 316 g/mol. The minimum atomic E-state index is 0.115. The zero-order valence-corrected chi connectivity index (χ0v) is 14.4. The van der Waals surface area contributed by atoms with Gasteiger partial charge in [0.15, 0.2) is 0 Å². The fourth-order valence-corrected chi connectivity index (χ4v) is 3.87. The van der Waals surface area contributed by atoms with E-state index >= 15 is 0 Å². The maximum absolute atomic E-state index is 12.8. The van der Waals surface area contributed by atoms with E-state index in [9.17, 15) is 4.79 Å². The van der Waals surface area contributed by atoms with Crippen molar-refractivity contribution in [3.63, 3.8) is 0 Å². The van der Waals surface area contributed by atoms with Crippen LogP contribution in [0.15, 0.2) is 34.9 Å². The number of carbonyl (C=O) groups excluding carboxylic acids is 1. The van der Waals surface area contributed by atoms with Crippen LogP contribution in [0.3, 0.4) is 0 Å². The van der Waals surface area contributed by atoms with Gasteiger partial charge in [-0.2, -0.15) is 0 Å². The number of urea groups is 1. The van der Waals surface area contributed by atoms with Gasteiger partial charge in [-0.15, -0.1) is 0 Å². The second-order valence-electron chi connectivity index (χ2n) is 7.05. The maximum atomic E-state index is 12.8. The maximum Gasteiger partial charge on any atom is 0.320 e. The van der Waals surface area contributed by atoms with Crippen LogP contribution < -0.4 is 5.73 Å². The number of fused-ring (bicyclic) bond motifs is 1. The van der Waals surface area contributed by atoms with Gasteiger partial charge in [-0.05, 0) is 30.7 Å². The third-order valence-electron chi connectivity index (χ3n) is 5.39.